The van der Waals surface area contributed by atoms with Crippen molar-refractivity contribution in [3.8, 4) is 11.5 Å². The quantitative estimate of drug-likeness (QED) is 0.257. The molecule has 0 spiro atoms. The lowest BCUT2D eigenvalue weighted by atomic mass is 9.80. The van der Waals surface area contributed by atoms with Crippen molar-refractivity contribution in [2.45, 2.75) is 47.5 Å². The van der Waals surface area contributed by atoms with E-state index in [0.717, 1.165) is 6.42 Å². The van der Waals surface area contributed by atoms with E-state index >= 15 is 0 Å². The molecule has 0 aliphatic heterocycles. The van der Waals surface area contributed by atoms with Crippen LogP contribution < -0.4 is 9.47 Å². The van der Waals surface area contributed by atoms with Gasteiger partial charge in [0.1, 0.15) is 23.0 Å². The molecular weight excluding hydrogens is 379 g/mol. The third-order valence-electron chi connectivity index (χ3n) is 4.16. The number of Topliss-reactive ketones (excluding diaryl/α,β-unsaturated/α-hetero) is 1. The highest BCUT2D eigenvalue weighted by atomic mass is 31.0. The maximum Gasteiger partial charge on any atom is 0.316 e. The number of benzene rings is 1. The lowest BCUT2D eigenvalue weighted by molar-refractivity contribution is -0.146. The van der Waals surface area contributed by atoms with Crippen LogP contribution in [0.1, 0.15) is 57.8 Å². The molecule has 1 aromatic rings. The van der Waals surface area contributed by atoms with Crippen LogP contribution in [0.2, 0.25) is 0 Å². The van der Waals surface area contributed by atoms with E-state index in [2.05, 4.69) is 27.7 Å². The molecule has 160 valence electrons. The highest BCUT2D eigenvalue weighted by Crippen LogP contribution is 2.34. The normalized spacial score (nSPS) is 13.0. The van der Waals surface area contributed by atoms with Crippen LogP contribution in [0.25, 0.3) is 0 Å². The summed E-state index contributed by atoms with van der Waals surface area (Å²) in [7, 11) is 3.60. The average Bonchev–Trinajstić information content (AvgIpc) is 2.65. The maximum atomic E-state index is 13.3. The molecule has 0 saturated heterocycles. The standard InChI is InChI=1S/C21H32O5.H3OP/c1-8-26-20(23)15(12-14(2)13-21(3,4)5)19(22)18-16(24-6)10-9-11-17(18)25-7;1-2/h9-11,14-15H,8,12-13H2,1-7H3;2H3. The summed E-state index contributed by atoms with van der Waals surface area (Å²) >= 11 is 0. The highest BCUT2D eigenvalue weighted by molar-refractivity contribution is 7.00. The summed E-state index contributed by atoms with van der Waals surface area (Å²) in [6.07, 6.45) is 1.33. The van der Waals surface area contributed by atoms with Gasteiger partial charge in [-0.1, -0.05) is 33.8 Å². The minimum Gasteiger partial charge on any atom is -0.496 e. The number of carbonyl (C=O) groups is 2. The molecule has 1 aromatic carbocycles. The topological polar surface area (TPSA) is 78.9 Å². The number of ether oxygens (including phenoxy) is 3. The Bertz CT molecular complexity index is 616. The molecule has 0 aliphatic rings. The van der Waals surface area contributed by atoms with E-state index in [9.17, 15) is 9.59 Å². The Hall–Kier alpha value is -1.81. The molecule has 0 saturated carbocycles. The van der Waals surface area contributed by atoms with Crippen LogP contribution in [0.15, 0.2) is 18.2 Å². The highest BCUT2D eigenvalue weighted by Gasteiger charge is 2.34. The number of methoxy groups -OCH3 is 2. The molecule has 28 heavy (non-hydrogen) atoms. The number of ketones is 1. The fourth-order valence-corrected chi connectivity index (χ4v) is 3.35. The smallest absolute Gasteiger partial charge is 0.316 e. The fraction of sp³-hybridized carbons (Fsp3) is 0.619. The number of rotatable bonds is 9. The minimum atomic E-state index is -0.877. The van der Waals surface area contributed by atoms with Crippen LogP contribution in [0.5, 0.6) is 11.5 Å². The van der Waals surface area contributed by atoms with E-state index in [1.807, 2.05) is 0 Å². The number of hydrogen-bond acceptors (Lipinski definition) is 6. The zero-order valence-electron chi connectivity index (χ0n) is 18.2. The van der Waals surface area contributed by atoms with E-state index in [4.69, 9.17) is 18.8 Å². The first kappa shape index (κ1) is 26.2. The van der Waals surface area contributed by atoms with Gasteiger partial charge in [0.05, 0.1) is 29.9 Å². The molecular formula is C21H35O6P. The van der Waals surface area contributed by atoms with Gasteiger partial charge in [-0.05, 0) is 43.2 Å². The fourth-order valence-electron chi connectivity index (χ4n) is 3.35. The second-order valence-electron chi connectivity index (χ2n) is 7.81. The number of carbonyl (C=O) groups excluding carboxylic acids is 2. The summed E-state index contributed by atoms with van der Waals surface area (Å²) in [4.78, 5) is 25.8. The van der Waals surface area contributed by atoms with Crippen LogP contribution in [-0.4, -0.2) is 32.6 Å². The molecule has 0 bridgehead atoms. The van der Waals surface area contributed by atoms with E-state index < -0.39 is 11.9 Å². The first-order valence-corrected chi connectivity index (χ1v) is 9.93. The van der Waals surface area contributed by atoms with Crippen LogP contribution in [0.4, 0.5) is 0 Å². The van der Waals surface area contributed by atoms with Gasteiger partial charge in [-0.15, -0.1) is 0 Å². The second-order valence-corrected chi connectivity index (χ2v) is 7.81. The first-order valence-electron chi connectivity index (χ1n) is 9.35. The van der Waals surface area contributed by atoms with E-state index in [1.165, 1.54) is 14.2 Å². The Morgan fingerprint density at radius 3 is 1.96 bits per heavy atom. The Balaban J connectivity index is 0.00000352. The van der Waals surface area contributed by atoms with Gasteiger partial charge >= 0.3 is 5.97 Å². The van der Waals surface area contributed by atoms with Gasteiger partial charge in [0.25, 0.3) is 0 Å². The first-order chi connectivity index (χ1) is 13.1. The summed E-state index contributed by atoms with van der Waals surface area (Å²) in [6, 6.07) is 5.13. The van der Waals surface area contributed by atoms with Crippen molar-refractivity contribution in [3.05, 3.63) is 23.8 Å². The molecule has 0 aromatic heterocycles. The third-order valence-corrected chi connectivity index (χ3v) is 4.16. The summed E-state index contributed by atoms with van der Waals surface area (Å²) < 4.78 is 24.1. The molecule has 1 rings (SSSR count). The SMILES string of the molecule is CCOC(=O)C(CC(C)CC(C)(C)C)C(=O)c1c(OC)cccc1OC.O=[PH3]. The van der Waals surface area contributed by atoms with Crippen molar-refractivity contribution < 1.29 is 28.4 Å². The number of hydrogen-bond donors (Lipinski definition) is 0. The van der Waals surface area contributed by atoms with Gasteiger partial charge < -0.3 is 18.8 Å². The third kappa shape index (κ3) is 8.05. The molecule has 7 heteroatoms. The van der Waals surface area contributed by atoms with Crippen LogP contribution in [-0.2, 0) is 14.1 Å². The summed E-state index contributed by atoms with van der Waals surface area (Å²) in [5.74, 6) is -0.712. The molecule has 0 N–H and O–H groups in total. The van der Waals surface area contributed by atoms with E-state index in [0.29, 0.717) is 32.6 Å². The van der Waals surface area contributed by atoms with Gasteiger partial charge in [0.15, 0.2) is 5.78 Å². The van der Waals surface area contributed by atoms with Crippen molar-refractivity contribution in [2.75, 3.05) is 20.8 Å². The Morgan fingerprint density at radius 2 is 1.57 bits per heavy atom. The largest absolute Gasteiger partial charge is 0.496 e. The molecule has 0 aliphatic carbocycles. The van der Waals surface area contributed by atoms with Gasteiger partial charge in [-0.2, -0.15) is 0 Å². The van der Waals surface area contributed by atoms with Gasteiger partial charge in [0.2, 0.25) is 0 Å². The van der Waals surface area contributed by atoms with Crippen LogP contribution in [0, 0.1) is 17.3 Å². The molecule has 0 amide bonds. The predicted molar refractivity (Wildman–Crippen MR) is 114 cm³/mol. The van der Waals surface area contributed by atoms with Gasteiger partial charge in [0, 0.05) is 0 Å². The number of esters is 1. The molecule has 0 heterocycles. The van der Waals surface area contributed by atoms with E-state index in [-0.39, 0.29) is 23.7 Å². The molecule has 0 radical (unpaired) electrons. The Labute approximate surface area is 170 Å². The predicted octanol–water partition coefficient (Wildman–Crippen LogP) is 4.47. The van der Waals surface area contributed by atoms with Gasteiger partial charge in [-0.25, -0.2) is 0 Å². The summed E-state index contributed by atoms with van der Waals surface area (Å²) in [6.45, 7) is 10.5. The summed E-state index contributed by atoms with van der Waals surface area (Å²) in [5.41, 5.74) is 0.405. The molecule has 6 nitrogen and oxygen atoms in total. The van der Waals surface area contributed by atoms with E-state index in [1.54, 1.807) is 25.1 Å². The second kappa shape index (κ2) is 12.6. The van der Waals surface area contributed by atoms with Crippen molar-refractivity contribution >= 4 is 20.9 Å². The zero-order valence-corrected chi connectivity index (χ0v) is 19.6. The zero-order chi connectivity index (χ0) is 21.9. The maximum absolute atomic E-state index is 13.3. The lowest BCUT2D eigenvalue weighted by Crippen LogP contribution is -2.29. The van der Waals surface area contributed by atoms with Crippen molar-refractivity contribution in [3.63, 3.8) is 0 Å². The van der Waals surface area contributed by atoms with Crippen LogP contribution in [0.3, 0.4) is 0 Å². The van der Waals surface area contributed by atoms with Crippen LogP contribution >= 0.6 is 9.12 Å². The Kier molecular flexibility index (Phi) is 11.8. The summed E-state index contributed by atoms with van der Waals surface area (Å²) in [5, 5.41) is 0. The molecule has 3 unspecified atom stereocenters. The lowest BCUT2D eigenvalue weighted by Gasteiger charge is -2.26. The monoisotopic (exact) mass is 414 g/mol. The minimum absolute atomic E-state index is 0.115. The Morgan fingerprint density at radius 1 is 1.07 bits per heavy atom. The molecule has 0 fully saturated rings. The van der Waals surface area contributed by atoms with Crippen molar-refractivity contribution in [2.24, 2.45) is 17.3 Å². The van der Waals surface area contributed by atoms with Crippen molar-refractivity contribution in [1.29, 1.82) is 0 Å². The molecule has 3 atom stereocenters. The van der Waals surface area contributed by atoms with Gasteiger partial charge in [-0.3, -0.25) is 9.59 Å². The van der Waals surface area contributed by atoms with Crippen molar-refractivity contribution in [1.82, 2.24) is 0 Å². The average molecular weight is 414 g/mol.